The number of non-ortho nitro benzene ring substituents is 1. The largest absolute Gasteiger partial charge is 0.490 e. The first-order valence-electron chi connectivity index (χ1n) is 8.62. The Kier molecular flexibility index (Phi) is 7.37. The number of hydrogen-bond acceptors (Lipinski definition) is 5. The third-order valence-electron chi connectivity index (χ3n) is 3.61. The highest BCUT2D eigenvalue weighted by Crippen LogP contribution is 2.29. The predicted molar refractivity (Wildman–Crippen MR) is 103 cm³/mol. The summed E-state index contributed by atoms with van der Waals surface area (Å²) in [6, 6.07) is 11.5. The van der Waals surface area contributed by atoms with Crippen LogP contribution in [0.3, 0.4) is 0 Å². The van der Waals surface area contributed by atoms with E-state index >= 15 is 0 Å². The van der Waals surface area contributed by atoms with Crippen molar-refractivity contribution in [3.05, 3.63) is 69.8 Å². The molecule has 0 fully saturated rings. The number of nitro groups is 1. The van der Waals surface area contributed by atoms with Crippen LogP contribution >= 0.6 is 0 Å². The fourth-order valence-electron chi connectivity index (χ4n) is 2.33. The van der Waals surface area contributed by atoms with Crippen molar-refractivity contribution in [2.45, 2.75) is 20.4 Å². The fraction of sp³-hybridized carbons (Fsp3) is 0.250. The van der Waals surface area contributed by atoms with Gasteiger partial charge in [-0.25, -0.2) is 0 Å². The van der Waals surface area contributed by atoms with Gasteiger partial charge in [-0.05, 0) is 43.2 Å². The Balaban J connectivity index is 1.95. The highest BCUT2D eigenvalue weighted by Gasteiger charge is 2.06. The Hall–Kier alpha value is -3.35. The van der Waals surface area contributed by atoms with Crippen LogP contribution in [0, 0.1) is 10.1 Å². The van der Waals surface area contributed by atoms with Gasteiger partial charge in [0.25, 0.3) is 5.69 Å². The molecule has 0 spiro atoms. The molecule has 142 valence electrons. The molecule has 2 rings (SSSR count). The average molecular weight is 370 g/mol. The third kappa shape index (κ3) is 6.14. The van der Waals surface area contributed by atoms with Crippen LogP contribution in [-0.2, 0) is 11.3 Å². The predicted octanol–water partition coefficient (Wildman–Crippen LogP) is 3.72. The van der Waals surface area contributed by atoms with Crippen LogP contribution in [0.5, 0.6) is 11.5 Å². The number of nitrogens with one attached hydrogen (secondary N) is 1. The van der Waals surface area contributed by atoms with Crippen LogP contribution < -0.4 is 14.8 Å². The van der Waals surface area contributed by atoms with Gasteiger partial charge in [0, 0.05) is 24.8 Å². The maximum atomic E-state index is 12.0. The Morgan fingerprint density at radius 3 is 2.37 bits per heavy atom. The summed E-state index contributed by atoms with van der Waals surface area (Å²) in [6.45, 7) is 5.14. The second-order valence-corrected chi connectivity index (χ2v) is 5.55. The molecule has 0 atom stereocenters. The van der Waals surface area contributed by atoms with Gasteiger partial charge in [-0.15, -0.1) is 0 Å². The molecule has 0 bridgehead atoms. The van der Waals surface area contributed by atoms with Crippen molar-refractivity contribution in [1.29, 1.82) is 0 Å². The van der Waals surface area contributed by atoms with Gasteiger partial charge in [-0.1, -0.05) is 18.2 Å². The quantitative estimate of drug-likeness (QED) is 0.413. The topological polar surface area (TPSA) is 90.7 Å². The minimum absolute atomic E-state index is 0.0191. The van der Waals surface area contributed by atoms with E-state index in [0.29, 0.717) is 24.7 Å². The maximum Gasteiger partial charge on any atom is 0.269 e. The minimum atomic E-state index is -0.460. The van der Waals surface area contributed by atoms with E-state index in [-0.39, 0.29) is 18.1 Å². The fourth-order valence-corrected chi connectivity index (χ4v) is 2.33. The van der Waals surface area contributed by atoms with E-state index in [4.69, 9.17) is 9.47 Å². The van der Waals surface area contributed by atoms with Gasteiger partial charge in [0.2, 0.25) is 5.91 Å². The summed E-state index contributed by atoms with van der Waals surface area (Å²) in [5.74, 6) is 1.03. The van der Waals surface area contributed by atoms with Crippen molar-refractivity contribution in [2.75, 3.05) is 13.2 Å². The van der Waals surface area contributed by atoms with Gasteiger partial charge in [0.05, 0.1) is 18.1 Å². The van der Waals surface area contributed by atoms with Crippen molar-refractivity contribution in [1.82, 2.24) is 5.32 Å². The molecular weight excluding hydrogens is 348 g/mol. The zero-order valence-corrected chi connectivity index (χ0v) is 15.3. The highest BCUT2D eigenvalue weighted by atomic mass is 16.6. The molecule has 1 amide bonds. The van der Waals surface area contributed by atoms with Crippen LogP contribution in [0.15, 0.2) is 48.5 Å². The van der Waals surface area contributed by atoms with Crippen LogP contribution in [0.4, 0.5) is 5.69 Å². The molecule has 1 N–H and O–H groups in total. The van der Waals surface area contributed by atoms with Crippen LogP contribution in [0.25, 0.3) is 6.08 Å². The molecule has 0 aliphatic rings. The molecule has 7 nitrogen and oxygen atoms in total. The van der Waals surface area contributed by atoms with E-state index in [1.807, 2.05) is 32.0 Å². The van der Waals surface area contributed by atoms with Crippen molar-refractivity contribution in [2.24, 2.45) is 0 Å². The third-order valence-corrected chi connectivity index (χ3v) is 3.61. The van der Waals surface area contributed by atoms with Crippen LogP contribution in [0.2, 0.25) is 0 Å². The summed E-state index contributed by atoms with van der Waals surface area (Å²) in [7, 11) is 0. The Morgan fingerprint density at radius 2 is 1.74 bits per heavy atom. The van der Waals surface area contributed by atoms with Crippen molar-refractivity contribution >= 4 is 17.7 Å². The zero-order valence-electron chi connectivity index (χ0n) is 15.3. The molecule has 0 unspecified atom stereocenters. The Labute approximate surface area is 157 Å². The number of rotatable bonds is 9. The summed E-state index contributed by atoms with van der Waals surface area (Å²) in [4.78, 5) is 22.2. The van der Waals surface area contributed by atoms with Gasteiger partial charge in [-0.2, -0.15) is 0 Å². The number of nitro benzene ring substituents is 1. The molecular formula is C20H22N2O5. The number of carbonyl (C=O) groups excluding carboxylic acids is 1. The van der Waals surface area contributed by atoms with Crippen molar-refractivity contribution < 1.29 is 19.2 Å². The molecule has 0 heterocycles. The standard InChI is InChI=1S/C20H22N2O5/c1-3-26-18-11-7-15(13-19(18)27-4-2)8-12-20(23)21-14-16-5-9-17(10-6-16)22(24)25/h5-13H,3-4,14H2,1-2H3,(H,21,23). The van der Waals surface area contributed by atoms with Gasteiger partial charge < -0.3 is 14.8 Å². The highest BCUT2D eigenvalue weighted by molar-refractivity contribution is 5.91. The van der Waals surface area contributed by atoms with Gasteiger partial charge in [0.15, 0.2) is 11.5 Å². The van der Waals surface area contributed by atoms with E-state index in [1.165, 1.54) is 18.2 Å². The summed E-state index contributed by atoms with van der Waals surface area (Å²) in [5, 5.41) is 13.4. The molecule has 2 aromatic rings. The lowest BCUT2D eigenvalue weighted by atomic mass is 10.2. The van der Waals surface area contributed by atoms with Gasteiger partial charge in [-0.3, -0.25) is 14.9 Å². The molecule has 0 aromatic heterocycles. The molecule has 0 saturated carbocycles. The molecule has 0 saturated heterocycles. The molecule has 0 aliphatic carbocycles. The zero-order chi connectivity index (χ0) is 19.6. The van der Waals surface area contributed by atoms with E-state index in [0.717, 1.165) is 11.1 Å². The monoisotopic (exact) mass is 370 g/mol. The number of carbonyl (C=O) groups is 1. The van der Waals surface area contributed by atoms with Gasteiger partial charge >= 0.3 is 0 Å². The summed E-state index contributed by atoms with van der Waals surface area (Å²) < 4.78 is 11.1. The number of benzene rings is 2. The van der Waals surface area contributed by atoms with Gasteiger partial charge in [0.1, 0.15) is 0 Å². The number of nitrogens with zero attached hydrogens (tertiary/aromatic N) is 1. The van der Waals surface area contributed by atoms with E-state index in [2.05, 4.69) is 5.32 Å². The molecule has 2 aromatic carbocycles. The Morgan fingerprint density at radius 1 is 1.07 bits per heavy atom. The molecule has 0 aliphatic heterocycles. The lowest BCUT2D eigenvalue weighted by molar-refractivity contribution is -0.384. The second kappa shape index (κ2) is 9.96. The van der Waals surface area contributed by atoms with Crippen LogP contribution in [0.1, 0.15) is 25.0 Å². The summed E-state index contributed by atoms with van der Waals surface area (Å²) in [6.07, 6.45) is 3.11. The normalized spacial score (nSPS) is 10.6. The SMILES string of the molecule is CCOc1ccc(C=CC(=O)NCc2ccc([N+](=O)[O-])cc2)cc1OCC. The number of ether oxygens (including phenoxy) is 2. The van der Waals surface area contributed by atoms with E-state index in [1.54, 1.807) is 18.2 Å². The summed E-state index contributed by atoms with van der Waals surface area (Å²) in [5.41, 5.74) is 1.61. The first kappa shape index (κ1) is 20.0. The van der Waals surface area contributed by atoms with Crippen molar-refractivity contribution in [3.8, 4) is 11.5 Å². The Bertz CT molecular complexity index is 816. The second-order valence-electron chi connectivity index (χ2n) is 5.55. The smallest absolute Gasteiger partial charge is 0.269 e. The minimum Gasteiger partial charge on any atom is -0.490 e. The molecule has 0 radical (unpaired) electrons. The number of hydrogen-bond donors (Lipinski definition) is 1. The molecule has 7 heteroatoms. The van der Waals surface area contributed by atoms with E-state index < -0.39 is 4.92 Å². The first-order chi connectivity index (χ1) is 13.0. The molecule has 27 heavy (non-hydrogen) atoms. The van der Waals surface area contributed by atoms with Crippen LogP contribution in [-0.4, -0.2) is 24.0 Å². The maximum absolute atomic E-state index is 12.0. The van der Waals surface area contributed by atoms with Crippen molar-refractivity contribution in [3.63, 3.8) is 0 Å². The first-order valence-corrected chi connectivity index (χ1v) is 8.62. The lowest BCUT2D eigenvalue weighted by Crippen LogP contribution is -2.20. The summed E-state index contributed by atoms with van der Waals surface area (Å²) >= 11 is 0. The average Bonchev–Trinajstić information content (AvgIpc) is 2.67. The lowest BCUT2D eigenvalue weighted by Gasteiger charge is -2.11. The number of amides is 1. The van der Waals surface area contributed by atoms with E-state index in [9.17, 15) is 14.9 Å².